The fraction of sp³-hybridized carbons (Fsp3) is 0.304. The van der Waals surface area contributed by atoms with E-state index in [2.05, 4.69) is 10.2 Å². The summed E-state index contributed by atoms with van der Waals surface area (Å²) in [6, 6.07) is 2.53. The van der Waals surface area contributed by atoms with Crippen molar-refractivity contribution in [3.05, 3.63) is 68.4 Å². The van der Waals surface area contributed by atoms with Gasteiger partial charge >= 0.3 is 5.69 Å². The van der Waals surface area contributed by atoms with E-state index in [1.54, 1.807) is 14.0 Å². The number of likely N-dealkylation sites (tertiary alicyclic amines) is 1. The zero-order chi connectivity index (χ0) is 25.7. The van der Waals surface area contributed by atoms with Crippen molar-refractivity contribution in [3.63, 3.8) is 0 Å². The third-order valence-electron chi connectivity index (χ3n) is 6.29. The van der Waals surface area contributed by atoms with Crippen LogP contribution in [0.4, 0.5) is 4.39 Å². The van der Waals surface area contributed by atoms with Crippen molar-refractivity contribution in [2.24, 2.45) is 0 Å². The van der Waals surface area contributed by atoms with Gasteiger partial charge in [0, 0.05) is 19.2 Å². The molecule has 0 spiro atoms. The summed E-state index contributed by atoms with van der Waals surface area (Å²) < 4.78 is 21.2. The van der Waals surface area contributed by atoms with Crippen molar-refractivity contribution in [2.75, 3.05) is 20.7 Å². The van der Waals surface area contributed by atoms with Gasteiger partial charge in [-0.05, 0) is 31.5 Å². The number of aryl methyl sites for hydroxylation is 1. The number of likely N-dealkylation sites (N-methyl/N-ethyl adjacent to an activating group) is 1. The van der Waals surface area contributed by atoms with E-state index in [0.29, 0.717) is 17.1 Å². The van der Waals surface area contributed by atoms with Gasteiger partial charge in [0.2, 0.25) is 5.91 Å². The van der Waals surface area contributed by atoms with E-state index in [1.807, 2.05) is 0 Å². The Kier molecular flexibility index (Phi) is 5.79. The molecule has 0 bridgehead atoms. The molecule has 1 aromatic carbocycles. The molecule has 0 aliphatic carbocycles. The first-order chi connectivity index (χ1) is 17.2. The Hall–Kier alpha value is -4.13. The standard InChI is InChI=1S/C23H21FN6O5S/c1-12-18-20(33)29(15-6-9-27(2)19(15)32)23(34)28(22(18)36-21(12)30-25-7-8-26-30)11-16(31)14-10-13(24)4-5-17(14)35-3/h4-5,7-8,10,15H,6,9,11H2,1-3H3/t15-/m1/s1. The number of carbonyl (C=O) groups is 2. The second kappa shape index (κ2) is 8.82. The molecule has 36 heavy (non-hydrogen) atoms. The molecule has 5 rings (SSSR count). The van der Waals surface area contributed by atoms with Crippen molar-refractivity contribution in [2.45, 2.75) is 25.9 Å². The monoisotopic (exact) mass is 512 g/mol. The number of methoxy groups -OCH3 is 1. The number of halogens is 1. The predicted octanol–water partition coefficient (Wildman–Crippen LogP) is 1.55. The van der Waals surface area contributed by atoms with E-state index in [1.165, 1.54) is 35.3 Å². The van der Waals surface area contributed by atoms with Gasteiger partial charge in [-0.3, -0.25) is 19.0 Å². The Labute approximate surface area is 206 Å². The first kappa shape index (κ1) is 23.6. The van der Waals surface area contributed by atoms with Gasteiger partial charge < -0.3 is 9.64 Å². The van der Waals surface area contributed by atoms with E-state index in [9.17, 15) is 23.6 Å². The minimum atomic E-state index is -0.991. The average molecular weight is 513 g/mol. The summed E-state index contributed by atoms with van der Waals surface area (Å²) in [7, 11) is 2.95. The van der Waals surface area contributed by atoms with Gasteiger partial charge in [-0.25, -0.2) is 13.8 Å². The minimum Gasteiger partial charge on any atom is -0.496 e. The van der Waals surface area contributed by atoms with Crippen LogP contribution in [0.3, 0.4) is 0 Å². The molecule has 0 N–H and O–H groups in total. The molecular formula is C23H21FN6O5S. The quantitative estimate of drug-likeness (QED) is 0.359. The smallest absolute Gasteiger partial charge is 0.333 e. The Bertz CT molecular complexity index is 1640. The maximum atomic E-state index is 14.0. The van der Waals surface area contributed by atoms with Crippen LogP contribution in [0, 0.1) is 12.7 Å². The van der Waals surface area contributed by atoms with E-state index < -0.39 is 35.4 Å². The molecule has 11 nitrogen and oxygen atoms in total. The van der Waals surface area contributed by atoms with Crippen LogP contribution in [-0.4, -0.2) is 61.4 Å². The lowest BCUT2D eigenvalue weighted by Crippen LogP contribution is -2.44. The molecule has 1 fully saturated rings. The highest BCUT2D eigenvalue weighted by Crippen LogP contribution is 2.31. The number of ketones is 1. The molecule has 1 saturated heterocycles. The fourth-order valence-corrected chi connectivity index (χ4v) is 5.66. The van der Waals surface area contributed by atoms with E-state index in [0.717, 1.165) is 32.6 Å². The molecule has 3 aromatic heterocycles. The molecule has 1 aliphatic heterocycles. The van der Waals surface area contributed by atoms with E-state index >= 15 is 0 Å². The number of carbonyl (C=O) groups excluding carboxylic acids is 2. The first-order valence-corrected chi connectivity index (χ1v) is 11.8. The van der Waals surface area contributed by atoms with Gasteiger partial charge in [-0.2, -0.15) is 10.2 Å². The van der Waals surface area contributed by atoms with Crippen LogP contribution in [0.1, 0.15) is 28.4 Å². The number of benzene rings is 1. The van der Waals surface area contributed by atoms with Crippen LogP contribution in [0.15, 0.2) is 40.2 Å². The first-order valence-electron chi connectivity index (χ1n) is 11.0. The SMILES string of the molecule is COc1ccc(F)cc1C(=O)Cn1c(=O)n([C@@H]2CCN(C)C2=O)c(=O)c2c(C)c(-n3nccn3)sc21. The van der Waals surface area contributed by atoms with Gasteiger partial charge in [-0.1, -0.05) is 11.3 Å². The topological polar surface area (TPSA) is 121 Å². The van der Waals surface area contributed by atoms with Crippen LogP contribution in [-0.2, 0) is 11.3 Å². The molecule has 1 amide bonds. The number of amides is 1. The number of rotatable bonds is 6. The molecule has 0 unspecified atom stereocenters. The normalized spacial score (nSPS) is 15.7. The van der Waals surface area contributed by atoms with E-state index in [-0.39, 0.29) is 33.9 Å². The van der Waals surface area contributed by atoms with Gasteiger partial charge in [0.25, 0.3) is 5.56 Å². The third-order valence-corrected chi connectivity index (χ3v) is 7.57. The summed E-state index contributed by atoms with van der Waals surface area (Å²) >= 11 is 1.07. The number of Topliss-reactive ketones (excluding diaryl/α,β-unsaturated/α-hetero) is 1. The van der Waals surface area contributed by atoms with Crippen LogP contribution < -0.4 is 16.0 Å². The van der Waals surface area contributed by atoms with Gasteiger partial charge in [-0.15, -0.1) is 4.80 Å². The second-order valence-corrected chi connectivity index (χ2v) is 9.38. The van der Waals surface area contributed by atoms with Crippen LogP contribution in [0.2, 0.25) is 0 Å². The number of nitrogens with zero attached hydrogens (tertiary/aromatic N) is 6. The maximum Gasteiger partial charge on any atom is 0.333 e. The number of ether oxygens (including phenoxy) is 1. The molecule has 4 aromatic rings. The summed E-state index contributed by atoms with van der Waals surface area (Å²) in [5.41, 5.74) is -0.962. The molecule has 4 heterocycles. The Morgan fingerprint density at radius 1 is 1.22 bits per heavy atom. The second-order valence-electron chi connectivity index (χ2n) is 8.41. The van der Waals surface area contributed by atoms with Crippen LogP contribution >= 0.6 is 11.3 Å². The Morgan fingerprint density at radius 3 is 2.58 bits per heavy atom. The zero-order valence-corrected chi connectivity index (χ0v) is 20.4. The highest BCUT2D eigenvalue weighted by Gasteiger charge is 2.35. The lowest BCUT2D eigenvalue weighted by molar-refractivity contribution is -0.129. The summed E-state index contributed by atoms with van der Waals surface area (Å²) in [5, 5.41) is 8.92. The number of aromatic nitrogens is 5. The Balaban J connectivity index is 1.76. The van der Waals surface area contributed by atoms with Crippen molar-refractivity contribution >= 4 is 33.2 Å². The van der Waals surface area contributed by atoms with E-state index in [4.69, 9.17) is 4.74 Å². The summed E-state index contributed by atoms with van der Waals surface area (Å²) in [6.07, 6.45) is 3.22. The summed E-state index contributed by atoms with van der Waals surface area (Å²) in [6.45, 7) is 1.58. The molecule has 0 saturated carbocycles. The highest BCUT2D eigenvalue weighted by molar-refractivity contribution is 7.21. The van der Waals surface area contributed by atoms with Crippen LogP contribution in [0.5, 0.6) is 5.75 Å². The molecule has 1 aliphatic rings. The van der Waals surface area contributed by atoms with Crippen molar-refractivity contribution < 1.29 is 18.7 Å². The Morgan fingerprint density at radius 2 is 1.94 bits per heavy atom. The van der Waals surface area contributed by atoms with Gasteiger partial charge in [0.1, 0.15) is 27.4 Å². The molecule has 1 atom stereocenters. The lowest BCUT2D eigenvalue weighted by Gasteiger charge is -2.16. The number of hydrogen-bond acceptors (Lipinski definition) is 8. The molecular weight excluding hydrogens is 491 g/mol. The lowest BCUT2D eigenvalue weighted by atomic mass is 10.1. The molecule has 186 valence electrons. The largest absolute Gasteiger partial charge is 0.496 e. The average Bonchev–Trinajstić information content (AvgIpc) is 3.58. The fourth-order valence-electron chi connectivity index (χ4n) is 4.45. The van der Waals surface area contributed by atoms with Crippen molar-refractivity contribution in [1.29, 1.82) is 0 Å². The summed E-state index contributed by atoms with van der Waals surface area (Å²) in [5.74, 6) is -1.45. The van der Waals surface area contributed by atoms with Gasteiger partial charge in [0.15, 0.2) is 5.78 Å². The number of hydrogen-bond donors (Lipinski definition) is 0. The van der Waals surface area contributed by atoms with Crippen LogP contribution in [0.25, 0.3) is 15.2 Å². The van der Waals surface area contributed by atoms with Crippen molar-refractivity contribution in [3.8, 4) is 10.8 Å². The van der Waals surface area contributed by atoms with Crippen molar-refractivity contribution in [1.82, 2.24) is 29.0 Å². The number of thiophene rings is 1. The predicted molar refractivity (Wildman–Crippen MR) is 129 cm³/mol. The van der Waals surface area contributed by atoms with Gasteiger partial charge in [0.05, 0.1) is 37.0 Å². The molecule has 0 radical (unpaired) electrons. The highest BCUT2D eigenvalue weighted by atomic mass is 32.1. The maximum absolute atomic E-state index is 14.0. The molecule has 13 heteroatoms. The number of fused-ring (bicyclic) bond motifs is 1. The summed E-state index contributed by atoms with van der Waals surface area (Å²) in [4.78, 5) is 56.4. The third kappa shape index (κ3) is 3.63. The zero-order valence-electron chi connectivity index (χ0n) is 19.6. The minimum absolute atomic E-state index is 0.0470.